The van der Waals surface area contributed by atoms with Crippen LogP contribution in [0.25, 0.3) is 0 Å². The van der Waals surface area contributed by atoms with Crippen molar-refractivity contribution in [2.24, 2.45) is 23.7 Å². The second-order valence-corrected chi connectivity index (χ2v) is 14.4. The van der Waals surface area contributed by atoms with Crippen LogP contribution in [0.1, 0.15) is 51.4 Å². The number of carbonyl (C=O) groups excluding carboxylic acids is 1. The number of carbonyl (C=O) groups is 1. The van der Waals surface area contributed by atoms with Crippen molar-refractivity contribution in [2.45, 2.75) is 93.6 Å². The lowest BCUT2D eigenvalue weighted by molar-refractivity contribution is -0.139. The van der Waals surface area contributed by atoms with Gasteiger partial charge in [-0.2, -0.15) is 0 Å². The lowest BCUT2D eigenvalue weighted by Crippen LogP contribution is -2.62. The summed E-state index contributed by atoms with van der Waals surface area (Å²) in [7, 11) is 0. The van der Waals surface area contributed by atoms with Crippen molar-refractivity contribution in [1.82, 2.24) is 25.8 Å². The van der Waals surface area contributed by atoms with Gasteiger partial charge in [-0.25, -0.2) is 4.39 Å². The van der Waals surface area contributed by atoms with E-state index in [2.05, 4.69) is 20.9 Å². The molecule has 0 bridgehead atoms. The van der Waals surface area contributed by atoms with E-state index in [-0.39, 0.29) is 48.3 Å². The van der Waals surface area contributed by atoms with Crippen molar-refractivity contribution in [3.63, 3.8) is 0 Å². The van der Waals surface area contributed by atoms with Crippen LogP contribution in [0.5, 0.6) is 0 Å². The molecule has 1 aliphatic carbocycles. The second kappa shape index (κ2) is 18.7. The van der Waals surface area contributed by atoms with E-state index < -0.39 is 37.2 Å². The Morgan fingerprint density at radius 1 is 0.978 bits per heavy atom. The molecule has 3 saturated heterocycles. The molecule has 12 nitrogen and oxygen atoms in total. The van der Waals surface area contributed by atoms with Gasteiger partial charge < -0.3 is 40.5 Å². The maximum atomic E-state index is 15.0. The summed E-state index contributed by atoms with van der Waals surface area (Å²) in [6.07, 6.45) is 0.00280. The van der Waals surface area contributed by atoms with Gasteiger partial charge in [0.05, 0.1) is 18.1 Å². The van der Waals surface area contributed by atoms with Crippen LogP contribution >= 0.6 is 11.6 Å². The fraction of sp³-hybridized carbons (Fsp3) is 0.968. The van der Waals surface area contributed by atoms with Crippen molar-refractivity contribution in [3.05, 3.63) is 0 Å². The molecule has 0 radical (unpaired) electrons. The lowest BCUT2D eigenvalue weighted by Gasteiger charge is -2.41. The summed E-state index contributed by atoms with van der Waals surface area (Å²) in [5.74, 6) is 0.856. The predicted octanol–water partition coefficient (Wildman–Crippen LogP) is -0.793. The maximum absolute atomic E-state index is 15.0. The summed E-state index contributed by atoms with van der Waals surface area (Å²) in [6, 6.07) is 0. The monoisotopic (exact) mass is 665 g/mol. The van der Waals surface area contributed by atoms with Crippen LogP contribution in [0.2, 0.25) is 0 Å². The highest BCUT2D eigenvalue weighted by atomic mass is 35.5. The van der Waals surface area contributed by atoms with Crippen molar-refractivity contribution in [2.75, 3.05) is 72.2 Å². The smallest absolute Gasteiger partial charge is 0.222 e. The minimum absolute atomic E-state index is 0.0103. The third kappa shape index (κ3) is 11.4. The number of hydrogen-bond acceptors (Lipinski definition) is 11. The van der Waals surface area contributed by atoms with Crippen LogP contribution in [-0.4, -0.2) is 156 Å². The third-order valence-electron chi connectivity index (χ3n) is 10.2. The number of aliphatic hydroxyl groups is 5. The molecule has 0 aromatic carbocycles. The van der Waals surface area contributed by atoms with Crippen molar-refractivity contribution >= 4 is 17.5 Å². The quantitative estimate of drug-likeness (QED) is 0.0724. The second-order valence-electron chi connectivity index (χ2n) is 13.8. The van der Waals surface area contributed by atoms with Crippen LogP contribution in [0, 0.1) is 23.7 Å². The summed E-state index contributed by atoms with van der Waals surface area (Å²) in [6.45, 7) is 6.06. The summed E-state index contributed by atoms with van der Waals surface area (Å²) in [5, 5.41) is 57.9. The minimum Gasteiger partial charge on any atom is -0.394 e. The number of likely N-dealkylation sites (tertiary alicyclic amines) is 2. The van der Waals surface area contributed by atoms with Gasteiger partial charge in [0.1, 0.15) is 30.8 Å². The Morgan fingerprint density at radius 3 is 2.33 bits per heavy atom. The Morgan fingerprint density at radius 2 is 1.67 bits per heavy atom. The summed E-state index contributed by atoms with van der Waals surface area (Å²) < 4.78 is 21.0. The minimum atomic E-state index is -1.65. The molecule has 45 heavy (non-hydrogen) atoms. The topological polar surface area (TPSA) is 170 Å². The number of piperidine rings is 1. The number of aliphatic hydroxyl groups excluding tert-OH is 5. The zero-order chi connectivity index (χ0) is 32.3. The molecular formula is C31H57ClFN5O7. The summed E-state index contributed by atoms with van der Waals surface area (Å²) in [5.41, 5.74) is 0. The largest absolute Gasteiger partial charge is 0.394 e. The van der Waals surface area contributed by atoms with Crippen molar-refractivity contribution < 1.29 is 39.5 Å². The van der Waals surface area contributed by atoms with E-state index in [1.54, 1.807) is 4.90 Å². The van der Waals surface area contributed by atoms with E-state index in [1.807, 2.05) is 0 Å². The average Bonchev–Trinajstić information content (AvgIpc) is 3.02. The maximum Gasteiger partial charge on any atom is 0.222 e. The van der Waals surface area contributed by atoms with Gasteiger partial charge in [-0.1, -0.05) is 0 Å². The first-order valence-electron chi connectivity index (χ1n) is 17.0. The highest BCUT2D eigenvalue weighted by molar-refractivity contribution is 6.21. The van der Waals surface area contributed by atoms with Crippen LogP contribution in [0.15, 0.2) is 0 Å². The van der Waals surface area contributed by atoms with E-state index in [0.29, 0.717) is 39.1 Å². The first kappa shape index (κ1) is 37.1. The first-order valence-corrected chi connectivity index (χ1v) is 17.5. The summed E-state index contributed by atoms with van der Waals surface area (Å²) in [4.78, 5) is 17.0. The van der Waals surface area contributed by atoms with Gasteiger partial charge in [0, 0.05) is 77.9 Å². The standard InChI is InChI=1S/C31H57ClFN5O7/c32-24-13-35-31(36-14-24)37-7-5-20(6-8-37)2-1-9-45-19-21-3-4-23(25(33)10-21)11-28(42)38-16-22(17-38)12-34-15-26(40)29(43)30(44)27(41)18-39/h20-27,29-31,34-36,39-41,43-44H,1-19H2/t21?,23?,24?,25?,26-,27+,29+,30+,31?/m0/s1. The molecular weight excluding hydrogens is 609 g/mol. The van der Waals surface area contributed by atoms with Crippen molar-refractivity contribution in [1.29, 1.82) is 0 Å². The predicted molar refractivity (Wildman–Crippen MR) is 168 cm³/mol. The molecule has 8 N–H and O–H groups in total. The van der Waals surface area contributed by atoms with E-state index in [9.17, 15) is 25.2 Å². The highest BCUT2D eigenvalue weighted by Crippen LogP contribution is 2.34. The number of ether oxygens (including phenoxy) is 1. The van der Waals surface area contributed by atoms with Gasteiger partial charge in [-0.05, 0) is 62.7 Å². The van der Waals surface area contributed by atoms with Crippen molar-refractivity contribution in [3.8, 4) is 0 Å². The van der Waals surface area contributed by atoms with Gasteiger partial charge in [0.25, 0.3) is 0 Å². The molecule has 4 rings (SSSR count). The number of halogens is 2. The van der Waals surface area contributed by atoms with Gasteiger partial charge in [0.15, 0.2) is 0 Å². The van der Waals surface area contributed by atoms with Crippen LogP contribution in [0.3, 0.4) is 0 Å². The highest BCUT2D eigenvalue weighted by Gasteiger charge is 2.37. The van der Waals surface area contributed by atoms with Gasteiger partial charge >= 0.3 is 0 Å². The van der Waals surface area contributed by atoms with E-state index in [1.165, 1.54) is 19.3 Å². The zero-order valence-corrected chi connectivity index (χ0v) is 27.2. The van der Waals surface area contributed by atoms with Crippen LogP contribution in [-0.2, 0) is 9.53 Å². The Labute approximate surface area is 272 Å². The molecule has 3 heterocycles. The Kier molecular flexibility index (Phi) is 15.4. The van der Waals surface area contributed by atoms with Gasteiger partial charge in [-0.3, -0.25) is 20.3 Å². The molecule has 262 valence electrons. The van der Waals surface area contributed by atoms with Gasteiger partial charge in [0.2, 0.25) is 5.91 Å². The van der Waals surface area contributed by atoms with E-state index in [0.717, 1.165) is 51.5 Å². The molecule has 14 heteroatoms. The molecule has 1 amide bonds. The molecule has 3 unspecified atom stereocenters. The Hall–Kier alpha value is -0.710. The number of hydrogen-bond donors (Lipinski definition) is 8. The van der Waals surface area contributed by atoms with Crippen LogP contribution in [0.4, 0.5) is 4.39 Å². The molecule has 0 aromatic heterocycles. The number of rotatable bonds is 17. The molecule has 3 aliphatic heterocycles. The molecule has 4 aliphatic rings. The van der Waals surface area contributed by atoms with Crippen LogP contribution < -0.4 is 16.0 Å². The SMILES string of the molecule is O=C(CC1CCC(COCCCC2CCN(C3NCC(Cl)CN3)CC2)CC1F)N1CC(CNC[C@H](O)[C@@H](O)[C@H](O)[C@H](O)CO)C1. The first-order chi connectivity index (χ1) is 21.6. The molecule has 0 aromatic rings. The Bertz CT molecular complexity index is 864. The normalized spacial score (nSPS) is 31.7. The molecule has 4 fully saturated rings. The van der Waals surface area contributed by atoms with E-state index in [4.69, 9.17) is 21.4 Å². The molecule has 0 spiro atoms. The zero-order valence-electron chi connectivity index (χ0n) is 26.5. The molecule has 7 atom stereocenters. The fourth-order valence-electron chi connectivity index (χ4n) is 7.12. The number of alkyl halides is 2. The lowest BCUT2D eigenvalue weighted by atomic mass is 9.79. The number of amides is 1. The molecule has 1 saturated carbocycles. The van der Waals surface area contributed by atoms with Gasteiger partial charge in [-0.15, -0.1) is 11.6 Å². The number of nitrogens with zero attached hydrogens (tertiary/aromatic N) is 2. The summed E-state index contributed by atoms with van der Waals surface area (Å²) >= 11 is 6.15. The van der Waals surface area contributed by atoms with E-state index >= 15 is 4.39 Å². The number of nitrogens with one attached hydrogen (secondary N) is 3. The fourth-order valence-corrected chi connectivity index (χ4v) is 7.30. The average molecular weight is 666 g/mol. The Balaban J connectivity index is 0.993. The third-order valence-corrected chi connectivity index (χ3v) is 10.5.